The molecule has 0 amide bonds. The predicted octanol–water partition coefficient (Wildman–Crippen LogP) is 5.14. The lowest BCUT2D eigenvalue weighted by molar-refractivity contribution is 0.185. The second kappa shape index (κ2) is 8.20. The summed E-state index contributed by atoms with van der Waals surface area (Å²) in [5.41, 5.74) is 4.45. The van der Waals surface area contributed by atoms with Crippen molar-refractivity contribution in [2.45, 2.75) is 13.5 Å². The van der Waals surface area contributed by atoms with Crippen molar-refractivity contribution < 1.29 is 13.7 Å². The van der Waals surface area contributed by atoms with Crippen LogP contribution in [0.3, 0.4) is 0 Å². The van der Waals surface area contributed by atoms with Gasteiger partial charge in [0, 0.05) is 35.8 Å². The number of halogens is 1. The number of aromatic nitrogens is 3. The van der Waals surface area contributed by atoms with Crippen molar-refractivity contribution in [2.24, 2.45) is 0 Å². The average molecular weight is 390 g/mol. The zero-order chi connectivity index (χ0) is 20.2. The molecule has 6 nitrogen and oxygen atoms in total. The van der Waals surface area contributed by atoms with Crippen LogP contribution in [0.2, 0.25) is 0 Å². The summed E-state index contributed by atoms with van der Waals surface area (Å²) in [5.74, 6) is -0.206. The number of aryl methyl sites for hydroxylation is 1. The molecule has 7 heteroatoms. The van der Waals surface area contributed by atoms with Gasteiger partial charge in [0.25, 0.3) is 5.89 Å². The van der Waals surface area contributed by atoms with Crippen LogP contribution in [-0.2, 0) is 11.3 Å². The van der Waals surface area contributed by atoms with Crippen LogP contribution in [0, 0.1) is 12.9 Å². The number of nitrogens with one attached hydrogen (secondary N) is 1. The highest BCUT2D eigenvalue weighted by molar-refractivity contribution is 5.78. The van der Waals surface area contributed by atoms with Crippen LogP contribution in [0.5, 0.6) is 0 Å². The summed E-state index contributed by atoms with van der Waals surface area (Å²) >= 11 is 0. The van der Waals surface area contributed by atoms with Crippen molar-refractivity contribution in [3.05, 3.63) is 77.9 Å². The predicted molar refractivity (Wildman–Crippen MR) is 108 cm³/mol. The Morgan fingerprint density at radius 1 is 1.03 bits per heavy atom. The molecular weight excluding hydrogens is 371 g/mol. The first-order valence-electron chi connectivity index (χ1n) is 9.05. The van der Waals surface area contributed by atoms with Crippen LogP contribution in [0.25, 0.3) is 22.8 Å². The molecule has 0 bridgehead atoms. The lowest BCUT2D eigenvalue weighted by Crippen LogP contribution is -1.99. The Labute approximate surface area is 167 Å². The van der Waals surface area contributed by atoms with E-state index in [1.807, 2.05) is 55.5 Å². The molecule has 1 N–H and O–H groups in total. The molecule has 0 aliphatic rings. The van der Waals surface area contributed by atoms with Crippen LogP contribution < -0.4 is 5.32 Å². The fourth-order valence-electron chi connectivity index (χ4n) is 3.00. The molecule has 0 unspecified atom stereocenters. The van der Waals surface area contributed by atoms with Crippen molar-refractivity contribution in [3.8, 4) is 22.8 Å². The van der Waals surface area contributed by atoms with Crippen molar-refractivity contribution in [2.75, 3.05) is 12.4 Å². The number of benzene rings is 2. The summed E-state index contributed by atoms with van der Waals surface area (Å²) in [4.78, 5) is 8.11. The number of anilines is 2. The van der Waals surface area contributed by atoms with Gasteiger partial charge >= 0.3 is 0 Å². The Bertz CT molecular complexity index is 1140. The maximum Gasteiger partial charge on any atom is 0.262 e. The molecular formula is C22H19FN4O2. The quantitative estimate of drug-likeness (QED) is 0.460. The lowest BCUT2D eigenvalue weighted by atomic mass is 10.1. The van der Waals surface area contributed by atoms with E-state index < -0.39 is 5.95 Å². The topological polar surface area (TPSA) is 73.1 Å². The summed E-state index contributed by atoms with van der Waals surface area (Å²) in [6.45, 7) is 2.31. The van der Waals surface area contributed by atoms with Crippen molar-refractivity contribution in [3.63, 3.8) is 0 Å². The molecule has 4 aromatic rings. The molecule has 2 heterocycles. The first-order chi connectivity index (χ1) is 14.2. The summed E-state index contributed by atoms with van der Waals surface area (Å²) < 4.78 is 24.7. The monoisotopic (exact) mass is 390 g/mol. The summed E-state index contributed by atoms with van der Waals surface area (Å²) in [6.07, 6.45) is 1.45. The number of hydrogen-bond donors (Lipinski definition) is 1. The van der Waals surface area contributed by atoms with Crippen LogP contribution in [0.15, 0.2) is 65.3 Å². The zero-order valence-electron chi connectivity index (χ0n) is 16.0. The van der Waals surface area contributed by atoms with Crippen molar-refractivity contribution in [1.29, 1.82) is 0 Å². The summed E-state index contributed by atoms with van der Waals surface area (Å²) in [5, 5.41) is 7.46. The van der Waals surface area contributed by atoms with Gasteiger partial charge in [-0.3, -0.25) is 0 Å². The first kappa shape index (κ1) is 18.8. The fraction of sp³-hybridized carbons (Fsp3) is 0.136. The van der Waals surface area contributed by atoms with Crippen LogP contribution in [-0.4, -0.2) is 22.2 Å². The molecule has 146 valence electrons. The zero-order valence-corrected chi connectivity index (χ0v) is 16.0. The molecule has 0 radical (unpaired) electrons. The van der Waals surface area contributed by atoms with Gasteiger partial charge in [0.15, 0.2) is 0 Å². The number of hydrogen-bond acceptors (Lipinski definition) is 6. The Kier molecular flexibility index (Phi) is 5.31. The molecule has 4 rings (SSSR count). The van der Waals surface area contributed by atoms with Gasteiger partial charge < -0.3 is 14.6 Å². The molecule has 0 aliphatic heterocycles. The molecule has 0 atom stereocenters. The maximum absolute atomic E-state index is 14.1. The first-order valence-corrected chi connectivity index (χ1v) is 9.05. The standard InChI is InChI=1S/C22H19FN4O2/c1-14-11-17(20(23)24-12-14)22-26-21(27-29-22)16-8-4-6-10-19(16)25-18-9-5-3-7-15(18)13-28-2/h3-12,25H,13H2,1-2H3. The third-order valence-electron chi connectivity index (χ3n) is 4.39. The van der Waals surface area contributed by atoms with Crippen LogP contribution in [0.4, 0.5) is 15.8 Å². The van der Waals surface area contributed by atoms with Gasteiger partial charge in [-0.15, -0.1) is 0 Å². The SMILES string of the molecule is COCc1ccccc1Nc1ccccc1-c1noc(-c2cc(C)cnc2F)n1. The number of ether oxygens (including phenoxy) is 1. The van der Waals surface area contributed by atoms with Gasteiger partial charge in [-0.2, -0.15) is 9.37 Å². The second-order valence-electron chi connectivity index (χ2n) is 6.53. The minimum absolute atomic E-state index is 0.0864. The van der Waals surface area contributed by atoms with E-state index in [0.29, 0.717) is 12.4 Å². The Morgan fingerprint density at radius 2 is 1.79 bits per heavy atom. The molecule has 0 aliphatic carbocycles. The minimum Gasteiger partial charge on any atom is -0.380 e. The van der Waals surface area contributed by atoms with Crippen LogP contribution >= 0.6 is 0 Å². The molecule has 2 aromatic heterocycles. The Morgan fingerprint density at radius 3 is 2.62 bits per heavy atom. The van der Waals surface area contributed by atoms with E-state index in [0.717, 1.165) is 28.1 Å². The average Bonchev–Trinajstić information content (AvgIpc) is 3.22. The van der Waals surface area contributed by atoms with E-state index in [2.05, 4.69) is 20.4 Å². The van der Waals surface area contributed by atoms with E-state index in [1.165, 1.54) is 6.20 Å². The number of pyridine rings is 1. The van der Waals surface area contributed by atoms with E-state index in [4.69, 9.17) is 9.26 Å². The van der Waals surface area contributed by atoms with Crippen molar-refractivity contribution in [1.82, 2.24) is 15.1 Å². The minimum atomic E-state index is -0.647. The van der Waals surface area contributed by atoms with Crippen LogP contribution in [0.1, 0.15) is 11.1 Å². The van der Waals surface area contributed by atoms with E-state index >= 15 is 0 Å². The summed E-state index contributed by atoms with van der Waals surface area (Å²) in [7, 11) is 1.66. The van der Waals surface area contributed by atoms with Gasteiger partial charge in [0.1, 0.15) is 0 Å². The van der Waals surface area contributed by atoms with Gasteiger partial charge in [0.2, 0.25) is 11.8 Å². The number of nitrogens with zero attached hydrogens (tertiary/aromatic N) is 3. The largest absolute Gasteiger partial charge is 0.380 e. The fourth-order valence-corrected chi connectivity index (χ4v) is 3.00. The maximum atomic E-state index is 14.1. The molecule has 0 spiro atoms. The van der Waals surface area contributed by atoms with Gasteiger partial charge in [-0.05, 0) is 36.8 Å². The van der Waals surface area contributed by atoms with Gasteiger partial charge in [0.05, 0.1) is 12.2 Å². The highest BCUT2D eigenvalue weighted by Gasteiger charge is 2.17. The normalized spacial score (nSPS) is 10.9. The number of methoxy groups -OCH3 is 1. The third kappa shape index (κ3) is 4.00. The highest BCUT2D eigenvalue weighted by Crippen LogP contribution is 2.31. The molecule has 29 heavy (non-hydrogen) atoms. The highest BCUT2D eigenvalue weighted by atomic mass is 19.1. The number of rotatable bonds is 6. The Balaban J connectivity index is 1.70. The van der Waals surface area contributed by atoms with Crippen molar-refractivity contribution >= 4 is 11.4 Å². The van der Waals surface area contributed by atoms with E-state index in [1.54, 1.807) is 13.2 Å². The van der Waals surface area contributed by atoms with E-state index in [9.17, 15) is 4.39 Å². The number of para-hydroxylation sites is 2. The molecule has 0 saturated carbocycles. The van der Waals surface area contributed by atoms with Gasteiger partial charge in [-0.1, -0.05) is 35.5 Å². The summed E-state index contributed by atoms with van der Waals surface area (Å²) in [6, 6.07) is 17.1. The lowest BCUT2D eigenvalue weighted by Gasteiger charge is -2.13. The molecule has 2 aromatic carbocycles. The molecule has 0 fully saturated rings. The smallest absolute Gasteiger partial charge is 0.262 e. The van der Waals surface area contributed by atoms with E-state index in [-0.39, 0.29) is 11.5 Å². The second-order valence-corrected chi connectivity index (χ2v) is 6.53. The molecule has 0 saturated heterocycles. The third-order valence-corrected chi connectivity index (χ3v) is 4.39. The Hall–Kier alpha value is -3.58. The van der Waals surface area contributed by atoms with Gasteiger partial charge in [-0.25, -0.2) is 4.98 Å².